The van der Waals surface area contributed by atoms with E-state index in [1.807, 2.05) is 0 Å². The van der Waals surface area contributed by atoms with Gasteiger partial charge in [0.2, 0.25) is 0 Å². The lowest BCUT2D eigenvalue weighted by molar-refractivity contribution is 0.102. The number of anilines is 2. The first-order valence-electron chi connectivity index (χ1n) is 6.98. The van der Waals surface area contributed by atoms with Crippen LogP contribution in [0.15, 0.2) is 60.3 Å². The first-order valence-corrected chi connectivity index (χ1v) is 6.98. The third kappa shape index (κ3) is 4.36. The van der Waals surface area contributed by atoms with Crippen LogP contribution in [0.2, 0.25) is 0 Å². The number of methoxy groups -OCH3 is 1. The van der Waals surface area contributed by atoms with Crippen LogP contribution in [0.5, 0.6) is 5.75 Å². The second kappa shape index (κ2) is 8.02. The Morgan fingerprint density at radius 2 is 1.58 bits per heavy atom. The molecule has 0 aliphatic rings. The second-order valence-electron chi connectivity index (χ2n) is 4.69. The lowest BCUT2D eigenvalue weighted by Gasteiger charge is -2.07. The van der Waals surface area contributed by atoms with Gasteiger partial charge in [-0.3, -0.25) is 4.79 Å². The van der Waals surface area contributed by atoms with Crippen LogP contribution in [-0.4, -0.2) is 13.0 Å². The van der Waals surface area contributed by atoms with Crippen molar-refractivity contribution in [1.29, 1.82) is 10.5 Å². The Morgan fingerprint density at radius 3 is 2.12 bits per heavy atom. The lowest BCUT2D eigenvalue weighted by atomic mass is 10.2. The molecule has 0 bridgehead atoms. The number of nitrogens with zero attached hydrogens (tertiary/aromatic N) is 2. The molecule has 118 valence electrons. The average Bonchev–Trinajstić information content (AvgIpc) is 2.63. The summed E-state index contributed by atoms with van der Waals surface area (Å²) < 4.78 is 5.06. The van der Waals surface area contributed by atoms with Gasteiger partial charge < -0.3 is 15.4 Å². The van der Waals surface area contributed by atoms with Crippen LogP contribution in [0.1, 0.15) is 10.4 Å². The zero-order valence-corrected chi connectivity index (χ0v) is 12.9. The molecule has 1 amide bonds. The maximum atomic E-state index is 12.2. The molecule has 0 radical (unpaired) electrons. The molecule has 6 nitrogen and oxygen atoms in total. The fourth-order valence-electron chi connectivity index (χ4n) is 1.84. The fourth-order valence-corrected chi connectivity index (χ4v) is 1.84. The zero-order valence-electron chi connectivity index (χ0n) is 12.9. The smallest absolute Gasteiger partial charge is 0.255 e. The quantitative estimate of drug-likeness (QED) is 0.824. The van der Waals surface area contributed by atoms with Gasteiger partial charge in [-0.05, 0) is 48.5 Å². The first-order chi connectivity index (χ1) is 11.7. The van der Waals surface area contributed by atoms with E-state index in [9.17, 15) is 4.79 Å². The third-order valence-electron chi connectivity index (χ3n) is 3.12. The molecule has 2 aromatic rings. The minimum atomic E-state index is -0.239. The lowest BCUT2D eigenvalue weighted by Crippen LogP contribution is -2.11. The molecule has 0 aromatic heterocycles. The molecule has 0 saturated carbocycles. The highest BCUT2D eigenvalue weighted by Gasteiger charge is 2.06. The SMILES string of the molecule is COc1ccc(NC(=O)c2ccc(NC=C(C#N)C#N)cc2)cc1. The Labute approximate surface area is 139 Å². The third-order valence-corrected chi connectivity index (χ3v) is 3.12. The molecule has 0 aliphatic heterocycles. The van der Waals surface area contributed by atoms with E-state index < -0.39 is 0 Å². The molecule has 24 heavy (non-hydrogen) atoms. The number of amides is 1. The predicted molar refractivity (Wildman–Crippen MR) is 90.3 cm³/mol. The summed E-state index contributed by atoms with van der Waals surface area (Å²) in [7, 11) is 1.58. The van der Waals surface area contributed by atoms with Crippen molar-refractivity contribution in [3.05, 3.63) is 65.9 Å². The zero-order chi connectivity index (χ0) is 17.4. The number of hydrogen-bond donors (Lipinski definition) is 2. The van der Waals surface area contributed by atoms with E-state index in [0.717, 1.165) is 0 Å². The van der Waals surface area contributed by atoms with Crippen molar-refractivity contribution in [1.82, 2.24) is 0 Å². The molecular weight excluding hydrogens is 304 g/mol. The predicted octanol–water partition coefficient (Wildman–Crippen LogP) is 3.29. The Hall–Kier alpha value is -3.77. The average molecular weight is 318 g/mol. The van der Waals surface area contributed by atoms with Gasteiger partial charge in [0.05, 0.1) is 7.11 Å². The van der Waals surface area contributed by atoms with E-state index in [1.165, 1.54) is 6.20 Å². The van der Waals surface area contributed by atoms with E-state index in [-0.39, 0.29) is 11.5 Å². The maximum Gasteiger partial charge on any atom is 0.255 e. The number of rotatable bonds is 5. The summed E-state index contributed by atoms with van der Waals surface area (Å²) in [5, 5.41) is 22.9. The van der Waals surface area contributed by atoms with Gasteiger partial charge in [-0.2, -0.15) is 10.5 Å². The molecule has 0 unspecified atom stereocenters. The molecule has 0 saturated heterocycles. The Balaban J connectivity index is 2.02. The number of hydrogen-bond acceptors (Lipinski definition) is 5. The summed E-state index contributed by atoms with van der Waals surface area (Å²) in [5.74, 6) is 0.475. The number of nitrogens with one attached hydrogen (secondary N) is 2. The summed E-state index contributed by atoms with van der Waals surface area (Å²) in [4.78, 5) is 12.2. The molecule has 0 heterocycles. The number of carbonyl (C=O) groups excluding carboxylic acids is 1. The normalized spacial score (nSPS) is 9.12. The molecule has 0 atom stereocenters. The summed E-state index contributed by atoms with van der Waals surface area (Å²) in [6.07, 6.45) is 1.31. The highest BCUT2D eigenvalue weighted by atomic mass is 16.5. The van der Waals surface area contributed by atoms with Crippen LogP contribution in [0.25, 0.3) is 0 Å². The van der Waals surface area contributed by atoms with Crippen LogP contribution in [-0.2, 0) is 0 Å². The van der Waals surface area contributed by atoms with Crippen LogP contribution < -0.4 is 15.4 Å². The first kappa shape index (κ1) is 16.6. The van der Waals surface area contributed by atoms with Gasteiger partial charge in [0.1, 0.15) is 23.5 Å². The van der Waals surface area contributed by atoms with Gasteiger partial charge in [-0.15, -0.1) is 0 Å². The van der Waals surface area contributed by atoms with Crippen LogP contribution >= 0.6 is 0 Å². The van der Waals surface area contributed by atoms with Crippen LogP contribution in [0.3, 0.4) is 0 Å². The minimum Gasteiger partial charge on any atom is -0.497 e. The van der Waals surface area contributed by atoms with Crippen molar-refractivity contribution in [2.45, 2.75) is 0 Å². The highest BCUT2D eigenvalue weighted by molar-refractivity contribution is 6.04. The van der Waals surface area contributed by atoms with Gasteiger partial charge in [0.25, 0.3) is 5.91 Å². The van der Waals surface area contributed by atoms with Gasteiger partial charge in [0.15, 0.2) is 0 Å². The second-order valence-corrected chi connectivity index (χ2v) is 4.69. The molecule has 2 N–H and O–H groups in total. The van der Waals surface area contributed by atoms with E-state index >= 15 is 0 Å². The van der Waals surface area contributed by atoms with E-state index in [0.29, 0.717) is 22.7 Å². The van der Waals surface area contributed by atoms with Gasteiger partial charge in [-0.1, -0.05) is 0 Å². The van der Waals surface area contributed by atoms with Crippen molar-refractivity contribution in [3.8, 4) is 17.9 Å². The van der Waals surface area contributed by atoms with Crippen molar-refractivity contribution in [2.24, 2.45) is 0 Å². The fraction of sp³-hybridized carbons (Fsp3) is 0.0556. The maximum absolute atomic E-state index is 12.2. The molecule has 0 aliphatic carbocycles. The van der Waals surface area contributed by atoms with Crippen molar-refractivity contribution < 1.29 is 9.53 Å². The van der Waals surface area contributed by atoms with Crippen LogP contribution in [0.4, 0.5) is 11.4 Å². The minimum absolute atomic E-state index is 0.0312. The number of nitriles is 2. The number of allylic oxidation sites excluding steroid dienone is 1. The number of ether oxygens (including phenoxy) is 1. The number of benzene rings is 2. The Kier molecular flexibility index (Phi) is 5.55. The van der Waals surface area contributed by atoms with Crippen LogP contribution in [0, 0.1) is 22.7 Å². The Bertz CT molecular complexity index is 809. The topological polar surface area (TPSA) is 97.9 Å². The van der Waals surface area contributed by atoms with Gasteiger partial charge in [0, 0.05) is 23.1 Å². The van der Waals surface area contributed by atoms with E-state index in [1.54, 1.807) is 67.8 Å². The molecule has 0 fully saturated rings. The van der Waals surface area contributed by atoms with E-state index in [2.05, 4.69) is 10.6 Å². The van der Waals surface area contributed by atoms with E-state index in [4.69, 9.17) is 15.3 Å². The monoisotopic (exact) mass is 318 g/mol. The molecular formula is C18H14N4O2. The highest BCUT2D eigenvalue weighted by Crippen LogP contribution is 2.16. The Morgan fingerprint density at radius 1 is 1.00 bits per heavy atom. The van der Waals surface area contributed by atoms with Gasteiger partial charge >= 0.3 is 0 Å². The van der Waals surface area contributed by atoms with Crippen molar-refractivity contribution in [3.63, 3.8) is 0 Å². The van der Waals surface area contributed by atoms with Crippen molar-refractivity contribution >= 4 is 17.3 Å². The van der Waals surface area contributed by atoms with Crippen molar-refractivity contribution in [2.75, 3.05) is 17.7 Å². The standard InChI is InChI=1S/C18H14N4O2/c1-24-17-8-6-16(7-9-17)22-18(23)14-2-4-15(5-3-14)21-12-13(10-19)11-20/h2-9,12,21H,1H3,(H,22,23). The summed E-state index contributed by atoms with van der Waals surface area (Å²) >= 11 is 0. The molecule has 6 heteroatoms. The van der Waals surface area contributed by atoms with Gasteiger partial charge in [-0.25, -0.2) is 0 Å². The summed E-state index contributed by atoms with van der Waals surface area (Å²) in [5.41, 5.74) is 1.79. The molecule has 0 spiro atoms. The largest absolute Gasteiger partial charge is 0.497 e. The summed E-state index contributed by atoms with van der Waals surface area (Å²) in [6.45, 7) is 0. The molecule has 2 aromatic carbocycles. The molecule has 2 rings (SSSR count). The summed E-state index contributed by atoms with van der Waals surface area (Å²) in [6, 6.07) is 17.2. The number of carbonyl (C=O) groups is 1.